The maximum absolute atomic E-state index is 14.0. The summed E-state index contributed by atoms with van der Waals surface area (Å²) in [5.41, 5.74) is 7.32. The highest BCUT2D eigenvalue weighted by Gasteiger charge is 2.25. The van der Waals surface area contributed by atoms with Gasteiger partial charge in [-0.2, -0.15) is 0 Å². The molecule has 3 heterocycles. The quantitative estimate of drug-likeness (QED) is 0.274. The highest BCUT2D eigenvalue weighted by atomic mass is 127. The molecular weight excluding hydrogens is 637 g/mol. The molecule has 0 saturated heterocycles. The van der Waals surface area contributed by atoms with Crippen LogP contribution in [0.15, 0.2) is 32.8 Å². The van der Waals surface area contributed by atoms with Gasteiger partial charge in [-0.3, -0.25) is 14.4 Å². The second-order valence-corrected chi connectivity index (χ2v) is 16.0. The molecule has 7 heteroatoms. The summed E-state index contributed by atoms with van der Waals surface area (Å²) in [6.45, 7) is 26.3. The standard InChI is InChI=1S/C35H50IN3O3/c1-21-25(31(41)37(13)19-27(21)34(7,8)9)15-17-39-23(3)26(33(4,5)6)18-24(30(39)40)14-16-38-20-28(35(10,11)12)22(2)29(36)32(38)42/h18-20H,14-17H2,1-13H3. The van der Waals surface area contributed by atoms with Crippen LogP contribution in [-0.2, 0) is 49.2 Å². The fourth-order valence-electron chi connectivity index (χ4n) is 6.06. The Hall–Kier alpha value is -2.42. The van der Waals surface area contributed by atoms with E-state index in [2.05, 4.69) is 84.9 Å². The highest BCUT2D eigenvalue weighted by Crippen LogP contribution is 2.29. The molecule has 0 unspecified atom stereocenters. The molecule has 0 amide bonds. The van der Waals surface area contributed by atoms with E-state index in [-0.39, 0.29) is 32.9 Å². The van der Waals surface area contributed by atoms with Crippen LogP contribution in [0, 0.1) is 24.3 Å². The number of hydrogen-bond donors (Lipinski definition) is 0. The van der Waals surface area contributed by atoms with Gasteiger partial charge in [0.05, 0.1) is 3.57 Å². The van der Waals surface area contributed by atoms with E-state index in [9.17, 15) is 14.4 Å². The maximum atomic E-state index is 14.0. The van der Waals surface area contributed by atoms with E-state index in [1.807, 2.05) is 43.8 Å². The monoisotopic (exact) mass is 687 g/mol. The van der Waals surface area contributed by atoms with Gasteiger partial charge in [0, 0.05) is 49.4 Å². The Morgan fingerprint density at radius 1 is 0.667 bits per heavy atom. The topological polar surface area (TPSA) is 66.0 Å². The number of hydrogen-bond acceptors (Lipinski definition) is 3. The SMILES string of the molecule is Cc1c(C(C)(C)C)cn(C)c(=O)c1CCn1c(C)c(C(C)(C)C)cc(CCn2cc(C(C)(C)C)c(C)c(I)c2=O)c1=O. The van der Waals surface area contributed by atoms with Crippen molar-refractivity contribution in [3.8, 4) is 0 Å². The van der Waals surface area contributed by atoms with Crippen LogP contribution in [0.5, 0.6) is 0 Å². The predicted octanol–water partition coefficient (Wildman–Crippen LogP) is 6.62. The number of pyridine rings is 3. The summed E-state index contributed by atoms with van der Waals surface area (Å²) >= 11 is 2.15. The van der Waals surface area contributed by atoms with E-state index in [4.69, 9.17) is 0 Å². The number of nitrogens with zero attached hydrogens (tertiary/aromatic N) is 3. The van der Waals surface area contributed by atoms with Crippen LogP contribution in [0.2, 0.25) is 0 Å². The molecule has 0 aliphatic heterocycles. The van der Waals surface area contributed by atoms with Crippen molar-refractivity contribution in [1.29, 1.82) is 0 Å². The minimum absolute atomic E-state index is 0.0126. The van der Waals surface area contributed by atoms with Crippen LogP contribution in [0.25, 0.3) is 0 Å². The number of rotatable bonds is 6. The maximum Gasteiger partial charge on any atom is 0.264 e. The first-order valence-electron chi connectivity index (χ1n) is 14.9. The van der Waals surface area contributed by atoms with Gasteiger partial charge in [-0.05, 0) is 106 Å². The third-order valence-electron chi connectivity index (χ3n) is 8.49. The van der Waals surface area contributed by atoms with E-state index in [0.717, 1.165) is 42.6 Å². The molecule has 3 rings (SSSR count). The fraction of sp³-hybridized carbons (Fsp3) is 0.571. The van der Waals surface area contributed by atoms with Gasteiger partial charge >= 0.3 is 0 Å². The number of halogens is 1. The highest BCUT2D eigenvalue weighted by molar-refractivity contribution is 14.1. The Kier molecular flexibility index (Phi) is 9.68. The third-order valence-corrected chi connectivity index (χ3v) is 9.76. The molecule has 0 radical (unpaired) electrons. The molecule has 0 bridgehead atoms. The number of aryl methyl sites for hydroxylation is 3. The van der Waals surface area contributed by atoms with E-state index < -0.39 is 0 Å². The molecule has 0 spiro atoms. The van der Waals surface area contributed by atoms with E-state index in [1.165, 1.54) is 0 Å². The fourth-order valence-corrected chi connectivity index (χ4v) is 6.66. The van der Waals surface area contributed by atoms with Crippen molar-refractivity contribution < 1.29 is 0 Å². The first kappa shape index (κ1) is 34.1. The van der Waals surface area contributed by atoms with E-state index >= 15 is 0 Å². The van der Waals surface area contributed by atoms with Gasteiger partial charge in [-0.25, -0.2) is 0 Å². The van der Waals surface area contributed by atoms with Crippen LogP contribution >= 0.6 is 22.6 Å². The van der Waals surface area contributed by atoms with Gasteiger partial charge in [-0.15, -0.1) is 0 Å². The van der Waals surface area contributed by atoms with E-state index in [0.29, 0.717) is 31.5 Å². The van der Waals surface area contributed by atoms with Crippen molar-refractivity contribution in [3.63, 3.8) is 0 Å². The van der Waals surface area contributed by atoms with Gasteiger partial charge in [-0.1, -0.05) is 62.3 Å². The molecule has 0 N–H and O–H groups in total. The lowest BCUT2D eigenvalue weighted by molar-refractivity contribution is 0.542. The molecule has 0 atom stereocenters. The summed E-state index contributed by atoms with van der Waals surface area (Å²) in [5, 5.41) is 0. The predicted molar refractivity (Wildman–Crippen MR) is 184 cm³/mol. The van der Waals surface area contributed by atoms with Crippen LogP contribution in [0.4, 0.5) is 0 Å². The first-order chi connectivity index (χ1) is 19.1. The summed E-state index contributed by atoms with van der Waals surface area (Å²) in [5.74, 6) is 0. The lowest BCUT2D eigenvalue weighted by Crippen LogP contribution is -2.33. The smallest absolute Gasteiger partial charge is 0.264 e. The molecule has 0 aliphatic carbocycles. The molecule has 6 nitrogen and oxygen atoms in total. The summed E-state index contributed by atoms with van der Waals surface area (Å²) in [6.07, 6.45) is 4.83. The Bertz CT molecular complexity index is 1680. The van der Waals surface area contributed by atoms with Crippen LogP contribution in [0.1, 0.15) is 107 Å². The molecule has 42 heavy (non-hydrogen) atoms. The van der Waals surface area contributed by atoms with Crippen molar-refractivity contribution in [2.45, 2.75) is 125 Å². The second-order valence-electron chi connectivity index (χ2n) is 14.9. The molecule has 230 valence electrons. The lowest BCUT2D eigenvalue weighted by Gasteiger charge is -2.27. The molecule has 0 fully saturated rings. The first-order valence-corrected chi connectivity index (χ1v) is 16.0. The molecular formula is C35H50IN3O3. The molecule has 3 aromatic heterocycles. The Morgan fingerprint density at radius 2 is 1.19 bits per heavy atom. The van der Waals surface area contributed by atoms with Gasteiger partial charge in [0.1, 0.15) is 0 Å². The normalized spacial score (nSPS) is 12.7. The molecule has 0 aromatic carbocycles. The van der Waals surface area contributed by atoms with Crippen molar-refractivity contribution in [1.82, 2.24) is 13.7 Å². The Labute approximate surface area is 265 Å². The van der Waals surface area contributed by atoms with E-state index in [1.54, 1.807) is 16.2 Å². The average molecular weight is 688 g/mol. The van der Waals surface area contributed by atoms with Crippen LogP contribution < -0.4 is 16.7 Å². The molecule has 3 aromatic rings. The van der Waals surface area contributed by atoms with Crippen molar-refractivity contribution >= 4 is 22.6 Å². The second kappa shape index (κ2) is 11.9. The van der Waals surface area contributed by atoms with Gasteiger partial charge < -0.3 is 13.7 Å². The summed E-state index contributed by atoms with van der Waals surface area (Å²) in [7, 11) is 1.80. The van der Waals surface area contributed by atoms with Crippen LogP contribution in [-0.4, -0.2) is 13.7 Å². The Morgan fingerprint density at radius 3 is 1.71 bits per heavy atom. The lowest BCUT2D eigenvalue weighted by atomic mass is 9.83. The summed E-state index contributed by atoms with van der Waals surface area (Å²) in [6, 6.07) is 2.04. The van der Waals surface area contributed by atoms with Crippen molar-refractivity contribution in [2.75, 3.05) is 0 Å². The average Bonchev–Trinajstić information content (AvgIpc) is 2.84. The molecule has 0 saturated carbocycles. The molecule has 0 aliphatic rings. The van der Waals surface area contributed by atoms with Gasteiger partial charge in [0.2, 0.25) is 0 Å². The van der Waals surface area contributed by atoms with Crippen LogP contribution in [0.3, 0.4) is 0 Å². The zero-order valence-corrected chi connectivity index (χ0v) is 30.2. The van der Waals surface area contributed by atoms with Gasteiger partial charge in [0.25, 0.3) is 16.7 Å². The van der Waals surface area contributed by atoms with Crippen molar-refractivity contribution in [2.24, 2.45) is 7.05 Å². The minimum atomic E-state index is -0.179. The largest absolute Gasteiger partial charge is 0.318 e. The zero-order chi connectivity index (χ0) is 32.1. The summed E-state index contributed by atoms with van der Waals surface area (Å²) in [4.78, 5) is 40.4. The summed E-state index contributed by atoms with van der Waals surface area (Å²) < 4.78 is 6.01. The third kappa shape index (κ3) is 6.87. The Balaban J connectivity index is 2.10. The van der Waals surface area contributed by atoms with Gasteiger partial charge in [0.15, 0.2) is 0 Å². The zero-order valence-electron chi connectivity index (χ0n) is 28.0. The minimum Gasteiger partial charge on any atom is -0.318 e. The van der Waals surface area contributed by atoms with Crippen molar-refractivity contribution in [3.05, 3.63) is 97.7 Å². The number of aromatic nitrogens is 3.